The highest BCUT2D eigenvalue weighted by Gasteiger charge is 2.44. The minimum atomic E-state index is -1.44. The number of nitro benzene ring substituents is 1. The molecule has 0 fully saturated rings. The van der Waals surface area contributed by atoms with Gasteiger partial charge >= 0.3 is 17.4 Å². The van der Waals surface area contributed by atoms with Crippen molar-refractivity contribution in [2.75, 3.05) is 6.26 Å². The smallest absolute Gasteiger partial charge is 0.352 e. The summed E-state index contributed by atoms with van der Waals surface area (Å²) in [4.78, 5) is 38.4. The zero-order valence-electron chi connectivity index (χ0n) is 18.1. The molecule has 2 unspecified atom stereocenters. The van der Waals surface area contributed by atoms with Crippen molar-refractivity contribution in [2.24, 2.45) is 16.8 Å². The second-order valence-electron chi connectivity index (χ2n) is 7.13. The molecule has 2 atom stereocenters. The van der Waals surface area contributed by atoms with Crippen LogP contribution >= 0.6 is 11.8 Å². The quantitative estimate of drug-likeness (QED) is 0.292. The molecule has 14 heteroatoms. The van der Waals surface area contributed by atoms with E-state index in [-0.39, 0.29) is 12.0 Å². The number of hydrogen-bond donors (Lipinski definition) is 2. The number of carboxylic acid groups (broad SMARTS) is 1. The van der Waals surface area contributed by atoms with Gasteiger partial charge in [0.15, 0.2) is 5.50 Å². The van der Waals surface area contributed by atoms with E-state index in [1.54, 1.807) is 42.7 Å². The molecule has 0 amide bonds. The number of carboxylic acids is 1. The molecule has 2 aromatic carbocycles. The molecular weight excluding hydrogens is 480 g/mol. The van der Waals surface area contributed by atoms with E-state index in [4.69, 9.17) is 15.8 Å². The van der Waals surface area contributed by atoms with Crippen molar-refractivity contribution in [3.8, 4) is 11.8 Å². The van der Waals surface area contributed by atoms with Gasteiger partial charge in [0.05, 0.1) is 21.5 Å². The lowest BCUT2D eigenvalue weighted by Gasteiger charge is -2.31. The largest absolute Gasteiger partial charge is 0.481 e. The van der Waals surface area contributed by atoms with Crippen LogP contribution in [-0.4, -0.2) is 43.4 Å². The van der Waals surface area contributed by atoms with E-state index in [9.17, 15) is 30.1 Å². The van der Waals surface area contributed by atoms with Gasteiger partial charge in [0.1, 0.15) is 11.6 Å². The van der Waals surface area contributed by atoms with E-state index in [1.807, 2.05) is 0 Å². The van der Waals surface area contributed by atoms with Crippen LogP contribution in [0, 0.1) is 37.5 Å². The topological polar surface area (TPSA) is 198 Å². The Bertz CT molecular complexity index is 1270. The standard InChI is InChI=1S/C21H18N6O7S/c1-35-21-24-17(14(20(28)29)9-12-5-3-2-4-6-12)18(27(32)33)19(25(21)23)34-16-10-13(11-22)7-8-15(16)26(30)31/h2-8,10,14,21H,9,23H2,1H3,(H,28,29). The molecule has 13 nitrogen and oxygen atoms in total. The van der Waals surface area contributed by atoms with Crippen LogP contribution in [0.5, 0.6) is 5.75 Å². The predicted octanol–water partition coefficient (Wildman–Crippen LogP) is 2.51. The van der Waals surface area contributed by atoms with Crippen LogP contribution in [0.4, 0.5) is 5.69 Å². The normalized spacial score (nSPS) is 16.2. The summed E-state index contributed by atoms with van der Waals surface area (Å²) in [5.74, 6) is 2.10. The summed E-state index contributed by atoms with van der Waals surface area (Å²) in [6, 6.07) is 13.5. The second-order valence-corrected chi connectivity index (χ2v) is 8.02. The van der Waals surface area contributed by atoms with Crippen LogP contribution in [0.2, 0.25) is 0 Å². The summed E-state index contributed by atoms with van der Waals surface area (Å²) in [5, 5.41) is 43.5. The first-order valence-corrected chi connectivity index (χ1v) is 11.1. The Hall–Kier alpha value is -4.48. The van der Waals surface area contributed by atoms with Gasteiger partial charge in [0.25, 0.3) is 5.88 Å². The minimum absolute atomic E-state index is 0.00367. The van der Waals surface area contributed by atoms with Crippen LogP contribution in [0.3, 0.4) is 0 Å². The molecule has 0 spiro atoms. The van der Waals surface area contributed by atoms with Crippen LogP contribution in [0.15, 0.2) is 65.1 Å². The number of thioether (sulfide) groups is 1. The molecule has 0 radical (unpaired) electrons. The van der Waals surface area contributed by atoms with Crippen LogP contribution < -0.4 is 10.6 Å². The van der Waals surface area contributed by atoms with Crippen molar-refractivity contribution in [2.45, 2.75) is 11.9 Å². The van der Waals surface area contributed by atoms with Crippen molar-refractivity contribution in [3.63, 3.8) is 0 Å². The maximum absolute atomic E-state index is 12.2. The molecule has 35 heavy (non-hydrogen) atoms. The number of nitriles is 1. The third-order valence-electron chi connectivity index (χ3n) is 4.96. The molecule has 3 rings (SSSR count). The average molecular weight is 498 g/mol. The number of ether oxygens (including phenoxy) is 1. The summed E-state index contributed by atoms with van der Waals surface area (Å²) >= 11 is 1.04. The molecule has 180 valence electrons. The van der Waals surface area contributed by atoms with Crippen molar-refractivity contribution in [1.82, 2.24) is 5.01 Å². The van der Waals surface area contributed by atoms with Crippen LogP contribution in [0.1, 0.15) is 11.1 Å². The molecule has 0 saturated heterocycles. The predicted molar refractivity (Wildman–Crippen MR) is 124 cm³/mol. The summed E-state index contributed by atoms with van der Waals surface area (Å²) < 4.78 is 5.58. The fourth-order valence-corrected chi connectivity index (χ4v) is 3.88. The van der Waals surface area contributed by atoms with Gasteiger partial charge in [-0.1, -0.05) is 30.3 Å². The summed E-state index contributed by atoms with van der Waals surface area (Å²) in [6.07, 6.45) is 1.47. The number of hydrazine groups is 1. The van der Waals surface area contributed by atoms with E-state index in [0.717, 1.165) is 28.9 Å². The van der Waals surface area contributed by atoms with Crippen molar-refractivity contribution >= 4 is 29.1 Å². The third-order valence-corrected chi connectivity index (χ3v) is 5.72. The van der Waals surface area contributed by atoms with E-state index >= 15 is 0 Å². The van der Waals surface area contributed by atoms with Gasteiger partial charge in [-0.2, -0.15) is 5.26 Å². The lowest BCUT2D eigenvalue weighted by molar-refractivity contribution is -0.420. The molecule has 1 heterocycles. The number of hydrogen-bond acceptors (Lipinski definition) is 11. The van der Waals surface area contributed by atoms with Gasteiger partial charge in [0, 0.05) is 12.1 Å². The Labute approximate surface area is 202 Å². The molecule has 3 N–H and O–H groups in total. The number of allylic oxidation sites excluding steroid dienone is 1. The first kappa shape index (κ1) is 25.1. The van der Waals surface area contributed by atoms with Crippen molar-refractivity contribution in [1.29, 1.82) is 5.26 Å². The zero-order chi connectivity index (χ0) is 25.7. The number of nitro groups is 2. The monoisotopic (exact) mass is 498 g/mol. The number of nitrogens with zero attached hydrogens (tertiary/aromatic N) is 5. The number of rotatable bonds is 9. The zero-order valence-corrected chi connectivity index (χ0v) is 18.9. The van der Waals surface area contributed by atoms with E-state index in [2.05, 4.69) is 4.99 Å². The molecule has 0 bridgehead atoms. The Morgan fingerprint density at radius 1 is 1.29 bits per heavy atom. The van der Waals surface area contributed by atoms with Gasteiger partial charge in [-0.3, -0.25) is 25.0 Å². The first-order chi connectivity index (χ1) is 16.7. The number of aliphatic imine (C=N–C) groups is 1. The molecule has 1 aliphatic rings. The van der Waals surface area contributed by atoms with Gasteiger partial charge in [0.2, 0.25) is 5.75 Å². The third kappa shape index (κ3) is 5.37. The molecule has 0 aliphatic carbocycles. The fourth-order valence-electron chi connectivity index (χ4n) is 3.34. The Kier molecular flexibility index (Phi) is 7.64. The Morgan fingerprint density at radius 2 is 1.97 bits per heavy atom. The number of benzene rings is 2. The molecule has 0 saturated carbocycles. The van der Waals surface area contributed by atoms with Gasteiger partial charge < -0.3 is 9.84 Å². The molecule has 0 aromatic heterocycles. The highest BCUT2D eigenvalue weighted by atomic mass is 32.2. The van der Waals surface area contributed by atoms with Crippen molar-refractivity contribution in [3.05, 3.63) is 91.5 Å². The number of carbonyl (C=O) groups is 1. The van der Waals surface area contributed by atoms with Gasteiger partial charge in [-0.25, -0.2) is 15.8 Å². The van der Waals surface area contributed by atoms with E-state index < -0.39 is 56.0 Å². The Morgan fingerprint density at radius 3 is 2.51 bits per heavy atom. The van der Waals surface area contributed by atoms with Gasteiger partial charge in [-0.15, -0.1) is 11.8 Å². The van der Waals surface area contributed by atoms with Gasteiger partial charge in [-0.05, 0) is 24.3 Å². The van der Waals surface area contributed by atoms with Crippen LogP contribution in [-0.2, 0) is 11.2 Å². The summed E-state index contributed by atoms with van der Waals surface area (Å²) in [7, 11) is 0. The molecular formula is C21H18N6O7S. The molecule has 1 aliphatic heterocycles. The van der Waals surface area contributed by atoms with E-state index in [0.29, 0.717) is 5.56 Å². The van der Waals surface area contributed by atoms with Crippen LogP contribution in [0.25, 0.3) is 0 Å². The maximum Gasteiger partial charge on any atom is 0.352 e. The highest BCUT2D eigenvalue weighted by Crippen LogP contribution is 2.35. The number of aliphatic carboxylic acids is 1. The van der Waals surface area contributed by atoms with E-state index in [1.165, 1.54) is 6.07 Å². The highest BCUT2D eigenvalue weighted by molar-refractivity contribution is 7.99. The average Bonchev–Trinajstić information content (AvgIpc) is 2.83. The second kappa shape index (κ2) is 10.6. The molecule has 2 aromatic rings. The lowest BCUT2D eigenvalue weighted by Crippen LogP contribution is -2.47. The summed E-state index contributed by atoms with van der Waals surface area (Å²) in [6.45, 7) is 0. The summed E-state index contributed by atoms with van der Waals surface area (Å²) in [5.41, 5.74) is -2.26. The first-order valence-electron chi connectivity index (χ1n) is 9.84. The number of nitrogens with two attached hydrogens (primary N) is 1. The fraction of sp³-hybridized carbons (Fsp3) is 0.190. The maximum atomic E-state index is 12.2. The minimum Gasteiger partial charge on any atom is -0.481 e. The SMILES string of the molecule is CSC1N=C(C(Cc2ccccc2)C(=O)O)C([N+](=O)[O-])=C(Oc2cc(C#N)ccc2[N+](=O)[O-])N1N. The Balaban J connectivity index is 2.19. The lowest BCUT2D eigenvalue weighted by atomic mass is 9.92. The van der Waals surface area contributed by atoms with Crippen molar-refractivity contribution < 1.29 is 24.5 Å².